The fraction of sp³-hybridized carbons (Fsp3) is 0.509. The van der Waals surface area contributed by atoms with Gasteiger partial charge in [0.2, 0.25) is 0 Å². The molecule has 4 aromatic carbocycles. The average Bonchev–Trinajstić information content (AvgIpc) is 3.33. The van der Waals surface area contributed by atoms with Crippen LogP contribution in [0.2, 0.25) is 0 Å². The molecule has 22 heteroatoms. The largest absolute Gasteiger partial charge is 0.573 e. The number of ketones is 2. The molecule has 2 heterocycles. The lowest BCUT2D eigenvalue weighted by atomic mass is 9.61. The standard InChI is InChI=1S/C26H27F6NO3.C13H12BrF3O2.C13H16F3NO.C2H3N.CH4/c27-25(28,29)19-8-10-20(11-9-19)35-17-18-5-3-14-33(15-18)16-23(34)24(12-4-13-24)21-6-1-2-7-22(21)36-26(30,31)32;14-8-11(18)12(6-3-7-12)9-4-1-2-5-10(9)19-13(15,16)17;14-13(15,16)11-3-5-12(6-4-11)18-9-10-2-1-7-17-8-10;1-2-3;/h1-2,6-11,18H,3-5,12-17H2;1-2,4-5H,3,6-8H2;3-6,10,17H,1-2,7-9H2;1H3;1H4/t18-;;10-;;/m1.1../s1. The number of carbonyl (C=O) groups is 2. The number of carbonyl (C=O) groups excluding carboxylic acids is 2. The molecule has 0 spiro atoms. The lowest BCUT2D eigenvalue weighted by molar-refractivity contribution is -0.276. The molecular weight excluding hydrogens is 1110 g/mol. The van der Waals surface area contributed by atoms with E-state index >= 15 is 0 Å². The number of hydrogen-bond acceptors (Lipinski definition) is 9. The van der Waals surface area contributed by atoms with Crippen molar-refractivity contribution in [1.29, 1.82) is 5.26 Å². The molecule has 2 saturated carbocycles. The molecule has 4 aliphatic rings. The van der Waals surface area contributed by atoms with E-state index in [0.717, 1.165) is 75.9 Å². The number of Topliss-reactive ketones (excluding diaryl/α,β-unsaturated/α-hetero) is 2. The highest BCUT2D eigenvalue weighted by molar-refractivity contribution is 9.09. The van der Waals surface area contributed by atoms with Gasteiger partial charge in [0.25, 0.3) is 0 Å². The van der Waals surface area contributed by atoms with Crippen LogP contribution in [0.5, 0.6) is 23.0 Å². The quantitative estimate of drug-likeness (QED) is 0.0919. The maximum Gasteiger partial charge on any atom is 0.573 e. The summed E-state index contributed by atoms with van der Waals surface area (Å²) >= 11 is 3.10. The summed E-state index contributed by atoms with van der Waals surface area (Å²) in [6, 6.07) is 22.8. The molecule has 4 aromatic rings. The van der Waals surface area contributed by atoms with E-state index in [1.54, 1.807) is 24.3 Å². The molecule has 0 amide bonds. The first-order chi connectivity index (χ1) is 35.8. The molecule has 0 bridgehead atoms. The van der Waals surface area contributed by atoms with E-state index in [1.807, 2.05) is 4.90 Å². The topological polar surface area (TPSA) is 110 Å². The zero-order valence-corrected chi connectivity index (χ0v) is 43.0. The minimum absolute atomic E-state index is 0. The maximum absolute atomic E-state index is 13.4. The Hall–Kier alpha value is -5.53. The number of alkyl halides is 13. The van der Waals surface area contributed by atoms with Crippen molar-refractivity contribution in [2.75, 3.05) is 51.3 Å². The summed E-state index contributed by atoms with van der Waals surface area (Å²) in [6.45, 7) is 5.58. The average molecular weight is 1170 g/mol. The normalized spacial score (nSPS) is 18.9. The van der Waals surface area contributed by atoms with Gasteiger partial charge in [0.1, 0.15) is 23.0 Å². The van der Waals surface area contributed by atoms with E-state index in [2.05, 4.69) is 30.7 Å². The maximum atomic E-state index is 13.4. The molecule has 8 rings (SSSR count). The van der Waals surface area contributed by atoms with Gasteiger partial charge in [-0.05, 0) is 125 Å². The second kappa shape index (κ2) is 28.4. The molecule has 2 aliphatic heterocycles. The van der Waals surface area contributed by atoms with Gasteiger partial charge in [-0.15, -0.1) is 26.3 Å². The molecule has 0 radical (unpaired) electrons. The number of halogens is 13. The molecule has 2 aliphatic carbocycles. The van der Waals surface area contributed by atoms with Crippen molar-refractivity contribution in [1.82, 2.24) is 10.2 Å². The van der Waals surface area contributed by atoms with Gasteiger partial charge in [-0.2, -0.15) is 31.6 Å². The van der Waals surface area contributed by atoms with Crippen LogP contribution < -0.4 is 24.3 Å². The molecule has 4 fully saturated rings. The van der Waals surface area contributed by atoms with Gasteiger partial charge >= 0.3 is 25.1 Å². The first kappa shape index (κ1) is 64.0. The second-order valence-electron chi connectivity index (χ2n) is 18.8. The second-order valence-corrected chi connectivity index (χ2v) is 19.3. The lowest BCUT2D eigenvalue weighted by Crippen LogP contribution is -2.50. The van der Waals surface area contributed by atoms with Crippen molar-refractivity contribution in [3.63, 3.8) is 0 Å². The zero-order chi connectivity index (χ0) is 55.8. The highest BCUT2D eigenvalue weighted by Gasteiger charge is 2.49. The summed E-state index contributed by atoms with van der Waals surface area (Å²) in [4.78, 5) is 27.5. The zero-order valence-electron chi connectivity index (χ0n) is 41.4. The fourth-order valence-electron chi connectivity index (χ4n) is 9.50. The van der Waals surface area contributed by atoms with Gasteiger partial charge in [-0.3, -0.25) is 14.5 Å². The number of nitrogens with one attached hydrogen (secondary N) is 1. The molecule has 424 valence electrons. The number of nitrogens with zero attached hydrogens (tertiary/aromatic N) is 2. The number of piperidine rings is 2. The molecule has 0 unspecified atom stereocenters. The van der Waals surface area contributed by atoms with Gasteiger partial charge in [-0.1, -0.05) is 72.6 Å². The van der Waals surface area contributed by atoms with Crippen molar-refractivity contribution < 1.29 is 81.2 Å². The Bertz CT molecular complexity index is 2500. The molecule has 77 heavy (non-hydrogen) atoms. The van der Waals surface area contributed by atoms with Crippen LogP contribution in [0.4, 0.5) is 52.7 Å². The van der Waals surface area contributed by atoms with Crippen LogP contribution in [0.25, 0.3) is 0 Å². The SMILES string of the molecule is C.CC#N.FC(F)(F)c1ccc(OC[C@@H]2CCCNC2)cc1.O=C(CBr)C1(c2ccccc2OC(F)(F)F)CCC1.O=C(CN1CCC[C@@H](COc2ccc(C(F)(F)F)cc2)C1)C1(c2ccccc2OC(F)(F)F)CCC1. The number of likely N-dealkylation sites (tertiary alicyclic amines) is 1. The van der Waals surface area contributed by atoms with Crippen molar-refractivity contribution in [3.05, 3.63) is 119 Å². The Labute approximate surface area is 448 Å². The van der Waals surface area contributed by atoms with Crippen LogP contribution >= 0.6 is 15.9 Å². The van der Waals surface area contributed by atoms with Crippen LogP contribution in [0.3, 0.4) is 0 Å². The van der Waals surface area contributed by atoms with Crippen molar-refractivity contribution in [2.45, 2.75) is 114 Å². The van der Waals surface area contributed by atoms with E-state index < -0.39 is 47.0 Å². The summed E-state index contributed by atoms with van der Waals surface area (Å²) < 4.78 is 171. The Morgan fingerprint density at radius 1 is 0.636 bits per heavy atom. The summed E-state index contributed by atoms with van der Waals surface area (Å²) in [7, 11) is 0. The van der Waals surface area contributed by atoms with Gasteiger partial charge < -0.3 is 24.3 Å². The summed E-state index contributed by atoms with van der Waals surface area (Å²) in [5, 5.41) is 10.7. The number of ether oxygens (including phenoxy) is 4. The predicted octanol–water partition coefficient (Wildman–Crippen LogP) is 14.6. The fourth-order valence-corrected chi connectivity index (χ4v) is 10.0. The number of para-hydroxylation sites is 2. The van der Waals surface area contributed by atoms with Crippen LogP contribution in [-0.2, 0) is 32.8 Å². The molecule has 9 nitrogen and oxygen atoms in total. The third-order valence-corrected chi connectivity index (χ3v) is 14.1. The lowest BCUT2D eigenvalue weighted by Gasteiger charge is -2.43. The predicted molar refractivity (Wildman–Crippen MR) is 268 cm³/mol. The van der Waals surface area contributed by atoms with E-state index in [-0.39, 0.29) is 53.8 Å². The monoisotopic (exact) mass is 1170 g/mol. The van der Waals surface area contributed by atoms with Gasteiger partial charge in [0, 0.05) is 43.0 Å². The van der Waals surface area contributed by atoms with Crippen LogP contribution in [-0.4, -0.2) is 80.5 Å². The molecule has 2 saturated heterocycles. The minimum atomic E-state index is -4.85. The van der Waals surface area contributed by atoms with Gasteiger partial charge in [0.15, 0.2) is 11.6 Å². The summed E-state index contributed by atoms with van der Waals surface area (Å²) in [5.41, 5.74) is -2.60. The third-order valence-electron chi connectivity index (χ3n) is 13.6. The Morgan fingerprint density at radius 2 is 1.05 bits per heavy atom. The minimum Gasteiger partial charge on any atom is -0.493 e. The first-order valence-electron chi connectivity index (χ1n) is 24.5. The van der Waals surface area contributed by atoms with E-state index in [1.165, 1.54) is 61.5 Å². The smallest absolute Gasteiger partial charge is 0.493 e. The van der Waals surface area contributed by atoms with E-state index in [9.17, 15) is 62.3 Å². The van der Waals surface area contributed by atoms with E-state index in [0.29, 0.717) is 75.0 Å². The Kier molecular flexibility index (Phi) is 23.6. The van der Waals surface area contributed by atoms with Crippen LogP contribution in [0.15, 0.2) is 97.1 Å². The molecule has 2 atom stereocenters. The Balaban J connectivity index is 0.000000263. The Morgan fingerprint density at radius 3 is 1.43 bits per heavy atom. The van der Waals surface area contributed by atoms with Crippen molar-refractivity contribution in [3.8, 4) is 29.1 Å². The summed E-state index contributed by atoms with van der Waals surface area (Å²) in [6.07, 6.45) is -10.8. The van der Waals surface area contributed by atoms with Gasteiger partial charge in [0.05, 0.1) is 53.1 Å². The number of benzene rings is 4. The number of nitriles is 1. The summed E-state index contributed by atoms with van der Waals surface area (Å²) in [5.74, 6) is 0.518. The molecule has 1 N–H and O–H groups in total. The molecular formula is C55H62BrF12N3O6. The number of rotatable bonds is 15. The van der Waals surface area contributed by atoms with Crippen LogP contribution in [0, 0.1) is 23.2 Å². The third kappa shape index (κ3) is 18.8. The highest BCUT2D eigenvalue weighted by Crippen LogP contribution is 2.50. The molecule has 0 aromatic heterocycles. The van der Waals surface area contributed by atoms with E-state index in [4.69, 9.17) is 14.7 Å². The first-order valence-corrected chi connectivity index (χ1v) is 25.6. The van der Waals surface area contributed by atoms with Crippen molar-refractivity contribution in [2.24, 2.45) is 11.8 Å². The van der Waals surface area contributed by atoms with Crippen molar-refractivity contribution >= 4 is 27.5 Å². The highest BCUT2D eigenvalue weighted by atomic mass is 79.9. The van der Waals surface area contributed by atoms with Gasteiger partial charge in [-0.25, -0.2) is 0 Å². The van der Waals surface area contributed by atoms with Crippen LogP contribution in [0.1, 0.15) is 101 Å². The number of hydrogen-bond donors (Lipinski definition) is 1.